The van der Waals surface area contributed by atoms with Crippen molar-refractivity contribution in [2.24, 2.45) is 0 Å². The van der Waals surface area contributed by atoms with Crippen LogP contribution in [0.3, 0.4) is 0 Å². The van der Waals surface area contributed by atoms with Crippen molar-refractivity contribution in [2.45, 2.75) is 32.5 Å². The van der Waals surface area contributed by atoms with Crippen LogP contribution in [0.15, 0.2) is 55.3 Å². The van der Waals surface area contributed by atoms with Crippen molar-refractivity contribution in [1.29, 1.82) is 0 Å². The molecule has 1 aliphatic rings. The molecule has 10 nitrogen and oxygen atoms in total. The molecule has 40 heavy (non-hydrogen) atoms. The molecule has 1 atom stereocenters. The number of rotatable bonds is 9. The van der Waals surface area contributed by atoms with Gasteiger partial charge in [-0.15, -0.1) is 0 Å². The number of likely N-dealkylation sites (tertiary alicyclic amines) is 1. The number of nitrogens with one attached hydrogen (secondary N) is 4. The SMILES string of the molecule is C=CC(=O)Nc1cccc(Nc2nc(Nc3ccc(NC4CCN(C)C4)nc3OC)ncc2C(F)(F)F)c1.CC. The molecule has 0 radical (unpaired) electrons. The van der Waals surface area contributed by atoms with Crippen LogP contribution in [0.5, 0.6) is 5.88 Å². The molecule has 13 heteroatoms. The van der Waals surface area contributed by atoms with Gasteiger partial charge in [-0.2, -0.15) is 23.1 Å². The highest BCUT2D eigenvalue weighted by Crippen LogP contribution is 2.36. The summed E-state index contributed by atoms with van der Waals surface area (Å²) in [6.45, 7) is 9.26. The molecule has 1 saturated heterocycles. The van der Waals surface area contributed by atoms with E-state index in [1.807, 2.05) is 20.9 Å². The number of aromatic nitrogens is 3. The molecule has 0 saturated carbocycles. The highest BCUT2D eigenvalue weighted by Gasteiger charge is 2.35. The molecule has 214 valence electrons. The third kappa shape index (κ3) is 8.06. The standard InChI is InChI=1S/C25H27F3N8O2.C2H6/c1-4-21(37)31-15-6-5-7-16(12-15)32-22-18(25(26,27)28)13-29-24(35-22)33-19-8-9-20(34-23(19)38-3)30-17-10-11-36(2)14-17;1-2/h4-9,12-13,17H,1,10-11,14H2,2-3H3,(H,30,34)(H,31,37)(H2,29,32,33,35);1-2H3. The quantitative estimate of drug-likeness (QED) is 0.247. The summed E-state index contributed by atoms with van der Waals surface area (Å²) < 4.78 is 46.5. The third-order valence-electron chi connectivity index (χ3n) is 5.72. The maximum absolute atomic E-state index is 13.7. The van der Waals surface area contributed by atoms with Gasteiger partial charge in [-0.25, -0.2) is 4.98 Å². The van der Waals surface area contributed by atoms with Gasteiger partial charge in [0.25, 0.3) is 0 Å². The van der Waals surface area contributed by atoms with E-state index < -0.39 is 23.5 Å². The van der Waals surface area contributed by atoms with Crippen molar-refractivity contribution in [3.05, 3.63) is 60.8 Å². The number of hydrogen-bond acceptors (Lipinski definition) is 9. The number of benzene rings is 1. The van der Waals surface area contributed by atoms with Gasteiger partial charge in [0.15, 0.2) is 0 Å². The summed E-state index contributed by atoms with van der Waals surface area (Å²) in [4.78, 5) is 26.2. The largest absolute Gasteiger partial charge is 0.479 e. The zero-order chi connectivity index (χ0) is 29.3. The molecule has 3 aromatic rings. The first-order chi connectivity index (χ1) is 19.1. The Bertz CT molecular complexity index is 1320. The van der Waals surface area contributed by atoms with Crippen molar-refractivity contribution >= 4 is 40.6 Å². The van der Waals surface area contributed by atoms with E-state index in [9.17, 15) is 18.0 Å². The summed E-state index contributed by atoms with van der Waals surface area (Å²) in [5, 5.41) is 11.5. The molecule has 1 fully saturated rings. The number of carbonyl (C=O) groups is 1. The summed E-state index contributed by atoms with van der Waals surface area (Å²) in [6.07, 6.45) is -1.95. The lowest BCUT2D eigenvalue weighted by atomic mass is 10.2. The van der Waals surface area contributed by atoms with Crippen LogP contribution in [-0.4, -0.2) is 59.0 Å². The molecule has 1 unspecified atom stereocenters. The van der Waals surface area contributed by atoms with Gasteiger partial charge < -0.3 is 30.9 Å². The van der Waals surface area contributed by atoms with Crippen LogP contribution < -0.4 is 26.0 Å². The fourth-order valence-corrected chi connectivity index (χ4v) is 3.90. The minimum absolute atomic E-state index is 0.102. The van der Waals surface area contributed by atoms with E-state index >= 15 is 0 Å². The first-order valence-electron chi connectivity index (χ1n) is 12.7. The lowest BCUT2D eigenvalue weighted by Crippen LogP contribution is -2.24. The molecule has 1 amide bonds. The monoisotopic (exact) mass is 558 g/mol. The van der Waals surface area contributed by atoms with Crippen LogP contribution in [0.1, 0.15) is 25.8 Å². The molecule has 3 heterocycles. The Morgan fingerprint density at radius 3 is 2.55 bits per heavy atom. The van der Waals surface area contributed by atoms with E-state index in [2.05, 4.69) is 47.7 Å². The van der Waals surface area contributed by atoms with Crippen LogP contribution >= 0.6 is 0 Å². The lowest BCUT2D eigenvalue weighted by molar-refractivity contribution is -0.137. The van der Waals surface area contributed by atoms with Gasteiger partial charge >= 0.3 is 6.18 Å². The van der Waals surface area contributed by atoms with Crippen LogP contribution in [-0.2, 0) is 11.0 Å². The van der Waals surface area contributed by atoms with Gasteiger partial charge in [0, 0.05) is 30.2 Å². The molecule has 0 bridgehead atoms. The summed E-state index contributed by atoms with van der Waals surface area (Å²) in [7, 11) is 3.49. The predicted octanol–water partition coefficient (Wildman–Crippen LogP) is 5.65. The van der Waals surface area contributed by atoms with Crippen LogP contribution in [0, 0.1) is 0 Å². The van der Waals surface area contributed by atoms with Gasteiger partial charge in [-0.3, -0.25) is 4.79 Å². The number of nitrogens with zero attached hydrogens (tertiary/aromatic N) is 4. The van der Waals surface area contributed by atoms with Crippen LogP contribution in [0.25, 0.3) is 0 Å². The highest BCUT2D eigenvalue weighted by molar-refractivity contribution is 5.99. The zero-order valence-electron chi connectivity index (χ0n) is 22.8. The number of likely N-dealkylation sites (N-methyl/N-ethyl adjacent to an activating group) is 1. The van der Waals surface area contributed by atoms with Crippen LogP contribution in [0.2, 0.25) is 0 Å². The first-order valence-corrected chi connectivity index (χ1v) is 12.7. The number of methoxy groups -OCH3 is 1. The third-order valence-corrected chi connectivity index (χ3v) is 5.72. The van der Waals surface area contributed by atoms with Crippen molar-refractivity contribution in [3.63, 3.8) is 0 Å². The highest BCUT2D eigenvalue weighted by atomic mass is 19.4. The predicted molar refractivity (Wildman–Crippen MR) is 151 cm³/mol. The number of amides is 1. The summed E-state index contributed by atoms with van der Waals surface area (Å²) in [5.41, 5.74) is -0.0416. The number of carbonyl (C=O) groups excluding carboxylic acids is 1. The molecular weight excluding hydrogens is 525 g/mol. The maximum atomic E-state index is 13.7. The fraction of sp³-hybridized carbons (Fsp3) is 0.333. The summed E-state index contributed by atoms with van der Waals surface area (Å²) >= 11 is 0. The summed E-state index contributed by atoms with van der Waals surface area (Å²) in [5.74, 6) is -0.185. The van der Waals surface area contributed by atoms with E-state index in [4.69, 9.17) is 4.74 Å². The molecule has 4 rings (SSSR count). The number of anilines is 6. The molecule has 2 aromatic heterocycles. The lowest BCUT2D eigenvalue weighted by Gasteiger charge is -2.17. The molecule has 1 aliphatic heterocycles. The fourth-order valence-electron chi connectivity index (χ4n) is 3.90. The second kappa shape index (κ2) is 13.6. The van der Waals surface area contributed by atoms with E-state index in [1.165, 1.54) is 13.2 Å². The smallest absolute Gasteiger partial charge is 0.421 e. The molecular formula is C27H33F3N8O2. The Morgan fingerprint density at radius 2 is 1.90 bits per heavy atom. The van der Waals surface area contributed by atoms with E-state index in [0.29, 0.717) is 23.4 Å². The average molecular weight is 559 g/mol. The molecule has 1 aromatic carbocycles. The Labute approximate surface area is 231 Å². The number of pyridine rings is 1. The van der Waals surface area contributed by atoms with Crippen molar-refractivity contribution in [1.82, 2.24) is 19.9 Å². The second-order valence-corrected chi connectivity index (χ2v) is 8.62. The zero-order valence-corrected chi connectivity index (χ0v) is 22.8. The van der Waals surface area contributed by atoms with Gasteiger partial charge in [0.05, 0.1) is 7.11 Å². The number of halogens is 3. The van der Waals surface area contributed by atoms with E-state index in [-0.39, 0.29) is 23.6 Å². The van der Waals surface area contributed by atoms with E-state index in [0.717, 1.165) is 25.6 Å². The topological polar surface area (TPSA) is 116 Å². The van der Waals surface area contributed by atoms with Gasteiger partial charge in [-0.05, 0) is 56.4 Å². The van der Waals surface area contributed by atoms with E-state index in [1.54, 1.807) is 30.3 Å². The van der Waals surface area contributed by atoms with Crippen molar-refractivity contribution in [2.75, 3.05) is 48.5 Å². The Hall–Kier alpha value is -4.39. The minimum atomic E-state index is -4.71. The molecule has 4 N–H and O–H groups in total. The average Bonchev–Trinajstić information content (AvgIpc) is 3.34. The molecule has 0 spiro atoms. The Morgan fingerprint density at radius 1 is 1.15 bits per heavy atom. The molecule has 0 aliphatic carbocycles. The number of ether oxygens (including phenoxy) is 1. The van der Waals surface area contributed by atoms with Gasteiger partial charge in [0.2, 0.25) is 17.7 Å². The maximum Gasteiger partial charge on any atom is 0.421 e. The number of hydrogen-bond donors (Lipinski definition) is 4. The van der Waals surface area contributed by atoms with Gasteiger partial charge in [-0.1, -0.05) is 26.5 Å². The Kier molecular flexibility index (Phi) is 10.3. The first kappa shape index (κ1) is 30.2. The normalized spacial score (nSPS) is 14.9. The van der Waals surface area contributed by atoms with Gasteiger partial charge in [0.1, 0.15) is 22.9 Å². The summed E-state index contributed by atoms with van der Waals surface area (Å²) in [6, 6.07) is 9.86. The Balaban J connectivity index is 0.00000216. The number of alkyl halides is 3. The van der Waals surface area contributed by atoms with Crippen molar-refractivity contribution in [3.8, 4) is 5.88 Å². The van der Waals surface area contributed by atoms with Crippen molar-refractivity contribution < 1.29 is 22.7 Å². The second-order valence-electron chi connectivity index (χ2n) is 8.62. The van der Waals surface area contributed by atoms with Crippen LogP contribution in [0.4, 0.5) is 47.8 Å². The minimum Gasteiger partial charge on any atom is -0.479 e.